The summed E-state index contributed by atoms with van der Waals surface area (Å²) >= 11 is 0. The van der Waals surface area contributed by atoms with E-state index in [4.69, 9.17) is 4.74 Å². The van der Waals surface area contributed by atoms with Gasteiger partial charge in [0.05, 0.1) is 13.2 Å². The first-order chi connectivity index (χ1) is 17.6. The number of amides is 1. The van der Waals surface area contributed by atoms with Gasteiger partial charge in [0.25, 0.3) is 5.91 Å². The van der Waals surface area contributed by atoms with Crippen molar-refractivity contribution < 1.29 is 13.9 Å². The highest BCUT2D eigenvalue weighted by molar-refractivity contribution is 6.10. The van der Waals surface area contributed by atoms with Crippen LogP contribution >= 0.6 is 0 Å². The molecule has 1 amide bonds. The fourth-order valence-electron chi connectivity index (χ4n) is 4.39. The van der Waals surface area contributed by atoms with Crippen molar-refractivity contribution in [1.82, 2.24) is 4.57 Å². The molecule has 2 heterocycles. The fourth-order valence-corrected chi connectivity index (χ4v) is 4.39. The van der Waals surface area contributed by atoms with Gasteiger partial charge in [0.2, 0.25) is 0 Å². The summed E-state index contributed by atoms with van der Waals surface area (Å²) in [6.45, 7) is 3.62. The molecule has 180 valence electrons. The van der Waals surface area contributed by atoms with Crippen molar-refractivity contribution in [2.24, 2.45) is 0 Å². The van der Waals surface area contributed by atoms with E-state index < -0.39 is 5.91 Å². The third-order valence-corrected chi connectivity index (χ3v) is 6.25. The smallest absolute Gasteiger partial charge is 0.266 e. The van der Waals surface area contributed by atoms with Crippen molar-refractivity contribution in [1.29, 1.82) is 5.26 Å². The van der Waals surface area contributed by atoms with Crippen molar-refractivity contribution in [2.45, 2.75) is 6.54 Å². The van der Waals surface area contributed by atoms with Gasteiger partial charge in [-0.1, -0.05) is 30.3 Å². The van der Waals surface area contributed by atoms with Gasteiger partial charge in [-0.15, -0.1) is 0 Å². The quantitative estimate of drug-likeness (QED) is 0.304. The molecule has 3 aromatic carbocycles. The van der Waals surface area contributed by atoms with E-state index in [0.29, 0.717) is 25.4 Å². The molecule has 1 saturated heterocycles. The van der Waals surface area contributed by atoms with E-state index in [1.807, 2.05) is 65.4 Å². The Morgan fingerprint density at radius 2 is 1.75 bits per heavy atom. The summed E-state index contributed by atoms with van der Waals surface area (Å²) in [7, 11) is 0. The van der Waals surface area contributed by atoms with Gasteiger partial charge in [-0.3, -0.25) is 4.79 Å². The minimum Gasteiger partial charge on any atom is -0.378 e. The summed E-state index contributed by atoms with van der Waals surface area (Å²) in [6, 6.07) is 23.8. The van der Waals surface area contributed by atoms with Crippen LogP contribution in [0.5, 0.6) is 0 Å². The van der Waals surface area contributed by atoms with E-state index in [9.17, 15) is 14.4 Å². The number of halogens is 1. The summed E-state index contributed by atoms with van der Waals surface area (Å²) in [4.78, 5) is 15.2. The van der Waals surface area contributed by atoms with Gasteiger partial charge >= 0.3 is 0 Å². The maximum atomic E-state index is 13.3. The molecule has 0 aliphatic carbocycles. The first-order valence-corrected chi connectivity index (χ1v) is 11.8. The van der Waals surface area contributed by atoms with Crippen LogP contribution in [-0.2, 0) is 16.1 Å². The Bertz CT molecular complexity index is 1440. The highest BCUT2D eigenvalue weighted by Gasteiger charge is 2.14. The number of morpholine rings is 1. The largest absolute Gasteiger partial charge is 0.378 e. The van der Waals surface area contributed by atoms with Gasteiger partial charge in [-0.05, 0) is 54.1 Å². The van der Waals surface area contributed by atoms with E-state index >= 15 is 0 Å². The zero-order valence-electron chi connectivity index (χ0n) is 19.7. The van der Waals surface area contributed by atoms with Crippen LogP contribution < -0.4 is 10.2 Å². The Morgan fingerprint density at radius 1 is 1.03 bits per heavy atom. The first-order valence-electron chi connectivity index (χ1n) is 11.8. The second kappa shape index (κ2) is 10.5. The third-order valence-electron chi connectivity index (χ3n) is 6.25. The van der Waals surface area contributed by atoms with Gasteiger partial charge in [-0.25, -0.2) is 4.39 Å². The van der Waals surface area contributed by atoms with Crippen molar-refractivity contribution in [3.05, 3.63) is 102 Å². The SMILES string of the molecule is N#CC(=Cc1cn(Cc2ccc(F)cc2)c2ccccc12)C(=O)Nc1ccc(N2CCOCC2)cc1. The van der Waals surface area contributed by atoms with Crippen molar-refractivity contribution in [2.75, 3.05) is 36.5 Å². The van der Waals surface area contributed by atoms with Gasteiger partial charge < -0.3 is 19.5 Å². The maximum absolute atomic E-state index is 13.3. The number of hydrogen-bond acceptors (Lipinski definition) is 4. The molecule has 0 atom stereocenters. The molecular formula is C29H25FN4O2. The number of aromatic nitrogens is 1. The number of para-hydroxylation sites is 1. The predicted molar refractivity (Wildman–Crippen MR) is 139 cm³/mol. The summed E-state index contributed by atoms with van der Waals surface area (Å²) in [5.74, 6) is -0.743. The fraction of sp³-hybridized carbons (Fsp3) is 0.172. The molecule has 4 aromatic rings. The summed E-state index contributed by atoms with van der Waals surface area (Å²) in [5.41, 5.74) is 4.38. The highest BCUT2D eigenvalue weighted by Crippen LogP contribution is 2.25. The molecule has 1 aliphatic heterocycles. The van der Waals surface area contributed by atoms with Crippen LogP contribution in [0, 0.1) is 17.1 Å². The Kier molecular flexibility index (Phi) is 6.78. The number of ether oxygens (including phenoxy) is 1. The van der Waals surface area contributed by atoms with E-state index in [1.165, 1.54) is 12.1 Å². The standard InChI is InChI=1S/C29H25FN4O2/c30-24-7-5-21(6-8-24)19-34-20-23(27-3-1-2-4-28(27)34)17-22(18-31)29(35)32-25-9-11-26(12-10-25)33-13-15-36-16-14-33/h1-12,17,20H,13-16,19H2,(H,32,35). The lowest BCUT2D eigenvalue weighted by atomic mass is 10.1. The predicted octanol–water partition coefficient (Wildman–Crippen LogP) is 5.21. The van der Waals surface area contributed by atoms with E-state index in [0.717, 1.165) is 40.8 Å². The van der Waals surface area contributed by atoms with Gasteiger partial charge in [0.15, 0.2) is 0 Å². The van der Waals surface area contributed by atoms with E-state index in [1.54, 1.807) is 18.2 Å². The lowest BCUT2D eigenvalue weighted by Gasteiger charge is -2.28. The number of hydrogen-bond donors (Lipinski definition) is 1. The van der Waals surface area contributed by atoms with Crippen LogP contribution in [0.2, 0.25) is 0 Å². The molecule has 36 heavy (non-hydrogen) atoms. The molecule has 0 bridgehead atoms. The molecule has 7 heteroatoms. The average Bonchev–Trinajstić information content (AvgIpc) is 3.26. The summed E-state index contributed by atoms with van der Waals surface area (Å²) < 4.78 is 20.7. The number of nitriles is 1. The number of benzene rings is 3. The van der Waals surface area contributed by atoms with Crippen LogP contribution in [0.4, 0.5) is 15.8 Å². The molecular weight excluding hydrogens is 455 g/mol. The number of anilines is 2. The summed E-state index contributed by atoms with van der Waals surface area (Å²) in [5, 5.41) is 13.5. The molecule has 1 N–H and O–H groups in total. The number of carbonyl (C=O) groups excluding carboxylic acids is 1. The second-order valence-corrected chi connectivity index (χ2v) is 8.63. The van der Waals surface area contributed by atoms with Crippen molar-refractivity contribution in [3.63, 3.8) is 0 Å². The molecule has 0 saturated carbocycles. The van der Waals surface area contributed by atoms with Crippen molar-refractivity contribution >= 4 is 34.3 Å². The number of carbonyl (C=O) groups is 1. The molecule has 6 nitrogen and oxygen atoms in total. The lowest BCUT2D eigenvalue weighted by molar-refractivity contribution is -0.112. The third kappa shape index (κ3) is 5.14. The van der Waals surface area contributed by atoms with E-state index in [2.05, 4.69) is 10.2 Å². The molecule has 1 aromatic heterocycles. The Labute approximate surface area is 208 Å². The zero-order chi connectivity index (χ0) is 24.9. The Hall–Kier alpha value is -4.41. The molecule has 0 unspecified atom stereocenters. The minimum absolute atomic E-state index is 0.0111. The Morgan fingerprint density at radius 3 is 2.47 bits per heavy atom. The number of rotatable bonds is 6. The first kappa shape index (κ1) is 23.3. The van der Waals surface area contributed by atoms with Gasteiger partial charge in [-0.2, -0.15) is 5.26 Å². The number of nitrogens with one attached hydrogen (secondary N) is 1. The topological polar surface area (TPSA) is 70.3 Å². The van der Waals surface area contributed by atoms with Crippen LogP contribution in [0.1, 0.15) is 11.1 Å². The molecule has 0 spiro atoms. The van der Waals surface area contributed by atoms with Crippen LogP contribution in [0.25, 0.3) is 17.0 Å². The number of nitrogens with zero attached hydrogens (tertiary/aromatic N) is 3. The zero-order valence-corrected chi connectivity index (χ0v) is 19.7. The van der Waals surface area contributed by atoms with Gasteiger partial charge in [0.1, 0.15) is 17.5 Å². The van der Waals surface area contributed by atoms with Crippen LogP contribution in [0.3, 0.4) is 0 Å². The minimum atomic E-state index is -0.466. The molecule has 1 fully saturated rings. The normalized spacial score (nSPS) is 14.0. The molecule has 0 radical (unpaired) electrons. The average molecular weight is 481 g/mol. The second-order valence-electron chi connectivity index (χ2n) is 8.63. The van der Waals surface area contributed by atoms with Gasteiger partial charge in [0, 0.05) is 53.7 Å². The van der Waals surface area contributed by atoms with Crippen LogP contribution in [0.15, 0.2) is 84.6 Å². The molecule has 5 rings (SSSR count). The highest BCUT2D eigenvalue weighted by atomic mass is 19.1. The maximum Gasteiger partial charge on any atom is 0.266 e. The monoisotopic (exact) mass is 480 g/mol. The lowest BCUT2D eigenvalue weighted by Crippen LogP contribution is -2.36. The van der Waals surface area contributed by atoms with Crippen molar-refractivity contribution in [3.8, 4) is 6.07 Å². The Balaban J connectivity index is 1.36. The number of fused-ring (bicyclic) bond motifs is 1. The van der Waals surface area contributed by atoms with Crippen LogP contribution in [-0.4, -0.2) is 36.8 Å². The van der Waals surface area contributed by atoms with E-state index in [-0.39, 0.29) is 11.4 Å². The molecule has 1 aliphatic rings. The summed E-state index contributed by atoms with van der Waals surface area (Å²) in [6.07, 6.45) is 3.52.